The Morgan fingerprint density at radius 3 is 2.67 bits per heavy atom. The predicted molar refractivity (Wildman–Crippen MR) is 82.1 cm³/mol. The van der Waals surface area contributed by atoms with Crippen molar-refractivity contribution < 1.29 is 13.2 Å². The fraction of sp³-hybridized carbons (Fsp3) is 0.929. The highest BCUT2D eigenvalue weighted by Crippen LogP contribution is 2.29. The predicted octanol–water partition coefficient (Wildman–Crippen LogP) is 0.434. The van der Waals surface area contributed by atoms with Gasteiger partial charge in [0.25, 0.3) is 0 Å². The zero-order valence-electron chi connectivity index (χ0n) is 12.8. The van der Waals surface area contributed by atoms with Gasteiger partial charge in [0.05, 0.1) is 6.26 Å². The summed E-state index contributed by atoms with van der Waals surface area (Å²) >= 11 is 0. The van der Waals surface area contributed by atoms with Gasteiger partial charge in [0.15, 0.2) is 0 Å². The fourth-order valence-corrected chi connectivity index (χ4v) is 3.97. The topological polar surface area (TPSA) is 92.5 Å². The molecule has 1 amide bonds. The van der Waals surface area contributed by atoms with Crippen molar-refractivity contribution in [2.75, 3.05) is 19.3 Å². The molecule has 0 aromatic carbocycles. The van der Waals surface area contributed by atoms with E-state index in [2.05, 4.69) is 4.72 Å². The largest absolute Gasteiger partial charge is 0.339 e. The van der Waals surface area contributed by atoms with E-state index in [1.807, 2.05) is 4.90 Å². The molecule has 1 heterocycles. The van der Waals surface area contributed by atoms with E-state index >= 15 is 0 Å². The highest BCUT2D eigenvalue weighted by molar-refractivity contribution is 7.88. The molecule has 6 nitrogen and oxygen atoms in total. The minimum Gasteiger partial charge on any atom is -0.339 e. The third kappa shape index (κ3) is 4.93. The van der Waals surface area contributed by atoms with Crippen molar-refractivity contribution in [2.24, 2.45) is 11.7 Å². The van der Waals surface area contributed by atoms with Crippen LogP contribution < -0.4 is 10.5 Å². The van der Waals surface area contributed by atoms with Crippen LogP contribution in [0.25, 0.3) is 0 Å². The number of amides is 1. The molecule has 2 rings (SSSR count). The average molecular weight is 317 g/mol. The van der Waals surface area contributed by atoms with Crippen LogP contribution in [-0.4, -0.2) is 50.7 Å². The molecule has 21 heavy (non-hydrogen) atoms. The number of carbonyl (C=O) groups is 1. The van der Waals surface area contributed by atoms with Gasteiger partial charge in [-0.05, 0) is 44.9 Å². The van der Waals surface area contributed by atoms with Crippen molar-refractivity contribution in [3.8, 4) is 0 Å². The molecule has 3 atom stereocenters. The van der Waals surface area contributed by atoms with Gasteiger partial charge in [0.2, 0.25) is 15.9 Å². The van der Waals surface area contributed by atoms with Crippen molar-refractivity contribution in [1.82, 2.24) is 9.62 Å². The SMILES string of the molecule is CS(=O)(=O)NCCC1CCCCN1C(=O)C1CCC(N)C1. The molecular formula is C14H27N3O3S. The summed E-state index contributed by atoms with van der Waals surface area (Å²) in [6.07, 6.45) is 7.60. The molecule has 0 radical (unpaired) electrons. The maximum atomic E-state index is 12.6. The zero-order chi connectivity index (χ0) is 15.5. The molecule has 3 N–H and O–H groups in total. The van der Waals surface area contributed by atoms with Crippen LogP contribution in [-0.2, 0) is 14.8 Å². The Bertz CT molecular complexity index is 466. The van der Waals surface area contributed by atoms with Gasteiger partial charge < -0.3 is 10.6 Å². The quantitative estimate of drug-likeness (QED) is 0.769. The highest BCUT2D eigenvalue weighted by atomic mass is 32.2. The molecular weight excluding hydrogens is 290 g/mol. The van der Waals surface area contributed by atoms with Gasteiger partial charge in [-0.25, -0.2) is 13.1 Å². The first-order valence-corrected chi connectivity index (χ1v) is 9.76. The Morgan fingerprint density at radius 2 is 2.05 bits per heavy atom. The first-order valence-electron chi connectivity index (χ1n) is 7.87. The molecule has 1 saturated carbocycles. The standard InChI is InChI=1S/C14H27N3O3S/c1-21(19,20)16-8-7-13-4-2-3-9-17(13)14(18)11-5-6-12(15)10-11/h11-13,16H,2-10,15H2,1H3. The molecule has 1 aliphatic carbocycles. The number of hydrogen-bond donors (Lipinski definition) is 2. The van der Waals surface area contributed by atoms with Crippen LogP contribution in [0.15, 0.2) is 0 Å². The summed E-state index contributed by atoms with van der Waals surface area (Å²) in [6.45, 7) is 1.20. The van der Waals surface area contributed by atoms with Crippen molar-refractivity contribution in [3.63, 3.8) is 0 Å². The van der Waals surface area contributed by atoms with Gasteiger partial charge >= 0.3 is 0 Å². The summed E-state index contributed by atoms with van der Waals surface area (Å²) in [6, 6.07) is 0.325. The van der Waals surface area contributed by atoms with E-state index in [-0.39, 0.29) is 23.9 Å². The molecule has 0 aromatic rings. The first-order chi connectivity index (χ1) is 9.87. The maximum absolute atomic E-state index is 12.6. The Labute approximate surface area is 127 Å². The van der Waals surface area contributed by atoms with Crippen LogP contribution in [0.1, 0.15) is 44.9 Å². The van der Waals surface area contributed by atoms with Crippen LogP contribution >= 0.6 is 0 Å². The number of sulfonamides is 1. The van der Waals surface area contributed by atoms with Crippen molar-refractivity contribution in [1.29, 1.82) is 0 Å². The van der Waals surface area contributed by atoms with Gasteiger partial charge in [-0.1, -0.05) is 0 Å². The van der Waals surface area contributed by atoms with Crippen LogP contribution in [0.3, 0.4) is 0 Å². The summed E-state index contributed by atoms with van der Waals surface area (Å²) in [5.41, 5.74) is 5.91. The van der Waals surface area contributed by atoms with Gasteiger partial charge in [-0.2, -0.15) is 0 Å². The molecule has 0 bridgehead atoms. The van der Waals surface area contributed by atoms with E-state index in [0.717, 1.165) is 51.3 Å². The molecule has 122 valence electrons. The number of rotatable bonds is 5. The zero-order valence-corrected chi connectivity index (χ0v) is 13.6. The summed E-state index contributed by atoms with van der Waals surface area (Å²) < 4.78 is 24.8. The van der Waals surface area contributed by atoms with Gasteiger partial charge in [-0.3, -0.25) is 4.79 Å². The Hall–Kier alpha value is -0.660. The van der Waals surface area contributed by atoms with Gasteiger partial charge in [0.1, 0.15) is 0 Å². The highest BCUT2D eigenvalue weighted by Gasteiger charge is 2.34. The van der Waals surface area contributed by atoms with Crippen LogP contribution in [0, 0.1) is 5.92 Å². The molecule has 1 aliphatic heterocycles. The lowest BCUT2D eigenvalue weighted by molar-refractivity contribution is -0.139. The molecule has 1 saturated heterocycles. The monoisotopic (exact) mass is 317 g/mol. The Balaban J connectivity index is 1.90. The second kappa shape index (κ2) is 7.07. The second-order valence-corrected chi connectivity index (χ2v) is 8.24. The van der Waals surface area contributed by atoms with Crippen LogP contribution in [0.2, 0.25) is 0 Å². The smallest absolute Gasteiger partial charge is 0.225 e. The van der Waals surface area contributed by atoms with Crippen molar-refractivity contribution in [2.45, 2.75) is 57.0 Å². The van der Waals surface area contributed by atoms with E-state index in [1.54, 1.807) is 0 Å². The third-order valence-corrected chi connectivity index (χ3v) is 5.30. The van der Waals surface area contributed by atoms with E-state index in [9.17, 15) is 13.2 Å². The number of nitrogens with one attached hydrogen (secondary N) is 1. The van der Waals surface area contributed by atoms with Crippen molar-refractivity contribution >= 4 is 15.9 Å². The Kier molecular flexibility index (Phi) is 5.62. The molecule has 3 unspecified atom stereocenters. The van der Waals surface area contributed by atoms with E-state index in [0.29, 0.717) is 13.0 Å². The van der Waals surface area contributed by atoms with Crippen LogP contribution in [0.5, 0.6) is 0 Å². The molecule has 0 spiro atoms. The van der Waals surface area contributed by atoms with Gasteiger partial charge in [-0.15, -0.1) is 0 Å². The number of piperidine rings is 1. The molecule has 2 aliphatic rings. The average Bonchev–Trinajstić information content (AvgIpc) is 2.84. The van der Waals surface area contributed by atoms with E-state index in [1.165, 1.54) is 0 Å². The summed E-state index contributed by atoms with van der Waals surface area (Å²) in [4.78, 5) is 14.6. The summed E-state index contributed by atoms with van der Waals surface area (Å²) in [5.74, 6) is 0.301. The number of likely N-dealkylation sites (tertiary alicyclic amines) is 1. The minimum absolute atomic E-state index is 0.0727. The second-order valence-electron chi connectivity index (χ2n) is 6.41. The number of nitrogens with two attached hydrogens (primary N) is 1. The molecule has 0 aromatic heterocycles. The van der Waals surface area contributed by atoms with E-state index < -0.39 is 10.0 Å². The van der Waals surface area contributed by atoms with E-state index in [4.69, 9.17) is 5.73 Å². The molecule has 2 fully saturated rings. The first kappa shape index (κ1) is 16.7. The normalized spacial score (nSPS) is 30.6. The summed E-state index contributed by atoms with van der Waals surface area (Å²) in [7, 11) is -3.16. The number of nitrogens with zero attached hydrogens (tertiary/aromatic N) is 1. The molecule has 7 heteroatoms. The number of carbonyl (C=O) groups excluding carboxylic acids is 1. The Morgan fingerprint density at radius 1 is 1.29 bits per heavy atom. The third-order valence-electron chi connectivity index (χ3n) is 4.57. The lowest BCUT2D eigenvalue weighted by Gasteiger charge is -2.37. The lowest BCUT2D eigenvalue weighted by atomic mass is 9.96. The van der Waals surface area contributed by atoms with Crippen LogP contribution in [0.4, 0.5) is 0 Å². The lowest BCUT2D eigenvalue weighted by Crippen LogP contribution is -2.47. The fourth-order valence-electron chi connectivity index (χ4n) is 3.48. The maximum Gasteiger partial charge on any atom is 0.225 e. The minimum atomic E-state index is -3.16. The number of hydrogen-bond acceptors (Lipinski definition) is 4. The summed E-state index contributed by atoms with van der Waals surface area (Å²) in [5, 5.41) is 0. The van der Waals surface area contributed by atoms with Crippen molar-refractivity contribution in [3.05, 3.63) is 0 Å². The van der Waals surface area contributed by atoms with Gasteiger partial charge in [0, 0.05) is 31.1 Å².